The van der Waals surface area contributed by atoms with Crippen LogP contribution in [0.4, 0.5) is 13.2 Å². The third kappa shape index (κ3) is 2.89. The van der Waals surface area contributed by atoms with E-state index in [-0.39, 0.29) is 12.2 Å². The van der Waals surface area contributed by atoms with Crippen LogP contribution >= 0.6 is 0 Å². The van der Waals surface area contributed by atoms with Gasteiger partial charge in [-0.3, -0.25) is 9.69 Å². The summed E-state index contributed by atoms with van der Waals surface area (Å²) in [5, 5.41) is 0. The minimum Gasteiger partial charge on any atom is -0.345 e. The number of H-pyrrole nitrogens is 2. The zero-order chi connectivity index (χ0) is 15.9. The summed E-state index contributed by atoms with van der Waals surface area (Å²) >= 11 is 0. The van der Waals surface area contributed by atoms with Crippen molar-refractivity contribution in [2.45, 2.75) is 32.6 Å². The number of aryl methyl sites for hydroxylation is 1. The first-order chi connectivity index (χ1) is 10.3. The van der Waals surface area contributed by atoms with Gasteiger partial charge in [0.05, 0.1) is 11.3 Å². The van der Waals surface area contributed by atoms with Crippen molar-refractivity contribution in [2.24, 2.45) is 0 Å². The molecule has 0 atom stereocenters. The number of halogens is 3. The van der Waals surface area contributed by atoms with E-state index >= 15 is 0 Å². The van der Waals surface area contributed by atoms with E-state index in [0.717, 1.165) is 11.5 Å². The number of hydrogen-bond donors (Lipinski definition) is 2. The van der Waals surface area contributed by atoms with Gasteiger partial charge in [-0.1, -0.05) is 0 Å². The lowest BCUT2D eigenvalue weighted by atomic mass is 10.1. The number of fused-ring (bicyclic) bond motifs is 1. The lowest BCUT2D eigenvalue weighted by Gasteiger charge is -2.27. The summed E-state index contributed by atoms with van der Waals surface area (Å²) in [5.74, 6) is -0.435. The Balaban J connectivity index is 1.83. The van der Waals surface area contributed by atoms with Gasteiger partial charge in [0.1, 0.15) is 5.82 Å². The van der Waals surface area contributed by atoms with Crippen LogP contribution in [0.2, 0.25) is 0 Å². The summed E-state index contributed by atoms with van der Waals surface area (Å²) in [6.07, 6.45) is -2.62. The highest BCUT2D eigenvalue weighted by Gasteiger charge is 2.35. The molecule has 0 unspecified atom stereocenters. The average Bonchev–Trinajstić information content (AvgIpc) is 2.83. The molecular formula is C13H14F3N5O. The molecule has 2 N–H and O–H groups in total. The second-order valence-electron chi connectivity index (χ2n) is 5.29. The van der Waals surface area contributed by atoms with Crippen LogP contribution in [-0.2, 0) is 25.7 Å². The van der Waals surface area contributed by atoms with E-state index in [2.05, 4.69) is 15.0 Å². The summed E-state index contributed by atoms with van der Waals surface area (Å²) in [7, 11) is 0. The Hall–Kier alpha value is -2.16. The Bertz CT molecular complexity index is 749. The van der Waals surface area contributed by atoms with Crippen LogP contribution in [-0.4, -0.2) is 31.4 Å². The molecule has 0 saturated heterocycles. The van der Waals surface area contributed by atoms with Crippen molar-refractivity contribution in [3.05, 3.63) is 45.2 Å². The molecule has 118 valence electrons. The number of nitrogens with zero attached hydrogens (tertiary/aromatic N) is 3. The molecule has 1 aliphatic rings. The maximum atomic E-state index is 12.7. The number of alkyl halides is 3. The zero-order valence-electron chi connectivity index (χ0n) is 11.8. The van der Waals surface area contributed by atoms with Crippen molar-refractivity contribution < 1.29 is 13.2 Å². The third-order valence-electron chi connectivity index (χ3n) is 3.57. The minimum absolute atomic E-state index is 0.230. The van der Waals surface area contributed by atoms with E-state index < -0.39 is 17.6 Å². The van der Waals surface area contributed by atoms with E-state index in [9.17, 15) is 18.0 Å². The molecule has 0 amide bonds. The monoisotopic (exact) mass is 313 g/mol. The molecule has 3 heterocycles. The molecule has 3 rings (SSSR count). The molecule has 22 heavy (non-hydrogen) atoms. The predicted octanol–water partition coefficient (Wildman–Crippen LogP) is 1.38. The van der Waals surface area contributed by atoms with Crippen LogP contribution in [0.1, 0.15) is 28.6 Å². The number of aromatic nitrogens is 4. The lowest BCUT2D eigenvalue weighted by Crippen LogP contribution is -2.36. The van der Waals surface area contributed by atoms with Crippen LogP contribution in [0.3, 0.4) is 0 Å². The molecule has 6 nitrogen and oxygen atoms in total. The molecule has 0 spiro atoms. The Morgan fingerprint density at radius 1 is 1.36 bits per heavy atom. The summed E-state index contributed by atoms with van der Waals surface area (Å²) < 4.78 is 38.0. The fourth-order valence-corrected chi connectivity index (χ4v) is 2.54. The Labute approximate surface area is 123 Å². The highest BCUT2D eigenvalue weighted by molar-refractivity contribution is 5.21. The largest absolute Gasteiger partial charge is 0.449 e. The van der Waals surface area contributed by atoms with Crippen molar-refractivity contribution in [2.75, 3.05) is 6.54 Å². The predicted molar refractivity (Wildman–Crippen MR) is 71.0 cm³/mol. The van der Waals surface area contributed by atoms with E-state index in [1.807, 2.05) is 16.8 Å². The Kier molecular flexibility index (Phi) is 3.51. The third-order valence-corrected chi connectivity index (χ3v) is 3.57. The molecule has 2 aromatic heterocycles. The van der Waals surface area contributed by atoms with E-state index in [1.165, 1.54) is 0 Å². The van der Waals surface area contributed by atoms with Gasteiger partial charge in [-0.05, 0) is 6.92 Å². The molecule has 0 saturated carbocycles. The summed E-state index contributed by atoms with van der Waals surface area (Å²) in [6, 6.07) is 0. The summed E-state index contributed by atoms with van der Waals surface area (Å²) in [5.41, 5.74) is 0.712. The Morgan fingerprint density at radius 3 is 2.77 bits per heavy atom. The molecule has 0 fully saturated rings. The smallest absolute Gasteiger partial charge is 0.345 e. The van der Waals surface area contributed by atoms with Gasteiger partial charge in [0.15, 0.2) is 0 Å². The number of rotatable bonds is 2. The van der Waals surface area contributed by atoms with Gasteiger partial charge < -0.3 is 9.97 Å². The summed E-state index contributed by atoms with van der Waals surface area (Å²) in [4.78, 5) is 26.4. The molecule has 0 bridgehead atoms. The van der Waals surface area contributed by atoms with Crippen molar-refractivity contribution in [3.63, 3.8) is 0 Å². The van der Waals surface area contributed by atoms with Gasteiger partial charge in [-0.2, -0.15) is 13.2 Å². The Morgan fingerprint density at radius 2 is 2.14 bits per heavy atom. The molecule has 0 aromatic carbocycles. The van der Waals surface area contributed by atoms with Crippen LogP contribution < -0.4 is 5.56 Å². The average molecular weight is 313 g/mol. The van der Waals surface area contributed by atoms with Crippen LogP contribution in [0.15, 0.2) is 11.0 Å². The first-order valence-electron chi connectivity index (χ1n) is 6.75. The van der Waals surface area contributed by atoms with Gasteiger partial charge in [0.25, 0.3) is 5.56 Å². The molecule has 9 heteroatoms. The second-order valence-corrected chi connectivity index (χ2v) is 5.29. The first kappa shape index (κ1) is 14.8. The fraction of sp³-hybridized carbons (Fsp3) is 0.462. The number of imidazole rings is 1. The highest BCUT2D eigenvalue weighted by Crippen LogP contribution is 2.26. The molecule has 0 aliphatic carbocycles. The molecular weight excluding hydrogens is 299 g/mol. The molecule has 2 aromatic rings. The summed E-state index contributed by atoms with van der Waals surface area (Å²) in [6.45, 7) is 3.20. The van der Waals surface area contributed by atoms with Gasteiger partial charge in [-0.25, -0.2) is 9.97 Å². The fourth-order valence-electron chi connectivity index (χ4n) is 2.54. The number of aromatic amines is 2. The van der Waals surface area contributed by atoms with Crippen LogP contribution in [0.25, 0.3) is 0 Å². The van der Waals surface area contributed by atoms with Crippen molar-refractivity contribution in [1.29, 1.82) is 0 Å². The maximum absolute atomic E-state index is 12.7. The minimum atomic E-state index is -4.64. The van der Waals surface area contributed by atoms with Gasteiger partial charge in [0.2, 0.25) is 5.82 Å². The topological polar surface area (TPSA) is 77.7 Å². The maximum Gasteiger partial charge on any atom is 0.449 e. The van der Waals surface area contributed by atoms with E-state index in [1.54, 1.807) is 6.20 Å². The zero-order valence-corrected chi connectivity index (χ0v) is 11.8. The number of hydrogen-bond acceptors (Lipinski definition) is 4. The van der Waals surface area contributed by atoms with Crippen molar-refractivity contribution in [1.82, 2.24) is 24.8 Å². The highest BCUT2D eigenvalue weighted by atomic mass is 19.4. The van der Waals surface area contributed by atoms with Crippen molar-refractivity contribution >= 4 is 0 Å². The van der Waals surface area contributed by atoms with E-state index in [4.69, 9.17) is 0 Å². The quantitative estimate of drug-likeness (QED) is 0.878. The normalized spacial score (nSPS) is 15.8. The SMILES string of the molecule is Cc1ncc(CN2CCc3nc(C(F)(F)F)[nH]c(=O)c3C2)[nH]1. The number of nitrogens with one attached hydrogen (secondary N) is 2. The van der Waals surface area contributed by atoms with Crippen molar-refractivity contribution in [3.8, 4) is 0 Å². The first-order valence-corrected chi connectivity index (χ1v) is 6.75. The van der Waals surface area contributed by atoms with Gasteiger partial charge >= 0.3 is 6.18 Å². The lowest BCUT2D eigenvalue weighted by molar-refractivity contribution is -0.145. The van der Waals surface area contributed by atoms with Crippen LogP contribution in [0.5, 0.6) is 0 Å². The van der Waals surface area contributed by atoms with Crippen LogP contribution in [0, 0.1) is 6.92 Å². The van der Waals surface area contributed by atoms with Gasteiger partial charge in [-0.15, -0.1) is 0 Å². The molecule has 1 aliphatic heterocycles. The second kappa shape index (κ2) is 5.24. The molecule has 0 radical (unpaired) electrons. The van der Waals surface area contributed by atoms with E-state index in [0.29, 0.717) is 25.1 Å². The van der Waals surface area contributed by atoms with Gasteiger partial charge in [0, 0.05) is 37.9 Å². The standard InChI is InChI=1S/C13H14F3N5O/c1-7-17-4-8(18-7)5-21-3-2-10-9(6-21)11(22)20-12(19-10)13(14,15)16/h4H,2-3,5-6H2,1H3,(H,17,18)(H,19,20,22).